The van der Waals surface area contributed by atoms with Gasteiger partial charge in [-0.05, 0) is 24.3 Å². The average Bonchev–Trinajstić information content (AvgIpc) is 2.30. The molecule has 3 nitrogen and oxygen atoms in total. The van der Waals surface area contributed by atoms with E-state index in [0.717, 1.165) is 5.75 Å². The molecule has 0 fully saturated rings. The van der Waals surface area contributed by atoms with E-state index < -0.39 is 0 Å². The molecule has 0 radical (unpaired) electrons. The molecule has 1 amide bonds. The van der Waals surface area contributed by atoms with E-state index in [4.69, 9.17) is 28.3 Å². The number of carbonyl (C=O) groups is 1. The van der Waals surface area contributed by atoms with E-state index in [1.807, 2.05) is 0 Å². The fourth-order valence-electron chi connectivity index (χ4n) is 1.12. The molecule has 2 N–H and O–H groups in total. The Morgan fingerprint density at radius 3 is 2.59 bits per heavy atom. The SMILES string of the molecule is O=C(CSCCCO)Nc1c(Cl)cccc1Cl. The molecule has 6 heteroatoms. The second kappa shape index (κ2) is 7.82. The Hall–Kier alpha value is -0.420. The molecular weight excluding hydrogens is 281 g/mol. The summed E-state index contributed by atoms with van der Waals surface area (Å²) in [6.45, 7) is 0.144. The summed E-state index contributed by atoms with van der Waals surface area (Å²) in [4.78, 5) is 11.6. The Labute approximate surface area is 114 Å². The van der Waals surface area contributed by atoms with Crippen LogP contribution in [0, 0.1) is 0 Å². The van der Waals surface area contributed by atoms with Crippen LogP contribution in [-0.2, 0) is 4.79 Å². The maximum atomic E-state index is 11.6. The summed E-state index contributed by atoms with van der Waals surface area (Å²) in [6, 6.07) is 5.06. The number of para-hydroxylation sites is 1. The fourth-order valence-corrected chi connectivity index (χ4v) is 2.35. The van der Waals surface area contributed by atoms with Gasteiger partial charge in [0.05, 0.1) is 21.5 Å². The Kier molecular flexibility index (Phi) is 6.73. The lowest BCUT2D eigenvalue weighted by molar-refractivity contribution is -0.113. The van der Waals surface area contributed by atoms with Crippen LogP contribution in [0.1, 0.15) is 6.42 Å². The Morgan fingerprint density at radius 1 is 1.35 bits per heavy atom. The van der Waals surface area contributed by atoms with Crippen molar-refractivity contribution in [2.45, 2.75) is 6.42 Å². The van der Waals surface area contributed by atoms with Gasteiger partial charge in [0.2, 0.25) is 5.91 Å². The van der Waals surface area contributed by atoms with Crippen molar-refractivity contribution in [3.63, 3.8) is 0 Å². The van der Waals surface area contributed by atoms with E-state index >= 15 is 0 Å². The molecule has 0 aliphatic rings. The number of aliphatic hydroxyl groups excluding tert-OH is 1. The molecule has 0 bridgehead atoms. The number of rotatable bonds is 6. The predicted molar refractivity (Wildman–Crippen MR) is 74.1 cm³/mol. The summed E-state index contributed by atoms with van der Waals surface area (Å²) in [7, 11) is 0. The van der Waals surface area contributed by atoms with E-state index in [1.54, 1.807) is 18.2 Å². The number of carbonyl (C=O) groups excluding carboxylic acids is 1. The Bertz CT molecular complexity index is 367. The lowest BCUT2D eigenvalue weighted by Gasteiger charge is -2.08. The smallest absolute Gasteiger partial charge is 0.234 e. The van der Waals surface area contributed by atoms with Crippen LogP contribution >= 0.6 is 35.0 Å². The monoisotopic (exact) mass is 293 g/mol. The van der Waals surface area contributed by atoms with Gasteiger partial charge in [-0.2, -0.15) is 11.8 Å². The second-order valence-corrected chi connectivity index (χ2v) is 5.19. The van der Waals surface area contributed by atoms with Crippen LogP contribution in [0.4, 0.5) is 5.69 Å². The van der Waals surface area contributed by atoms with Gasteiger partial charge in [-0.25, -0.2) is 0 Å². The minimum Gasteiger partial charge on any atom is -0.396 e. The van der Waals surface area contributed by atoms with Crippen molar-refractivity contribution in [1.82, 2.24) is 0 Å². The van der Waals surface area contributed by atoms with Crippen LogP contribution < -0.4 is 5.32 Å². The molecule has 1 aromatic carbocycles. The molecule has 0 saturated carbocycles. The van der Waals surface area contributed by atoms with Crippen LogP contribution in [0.25, 0.3) is 0 Å². The summed E-state index contributed by atoms with van der Waals surface area (Å²) < 4.78 is 0. The van der Waals surface area contributed by atoms with Gasteiger partial charge >= 0.3 is 0 Å². The number of nitrogens with one attached hydrogen (secondary N) is 1. The first-order valence-corrected chi connectivity index (χ1v) is 6.98. The summed E-state index contributed by atoms with van der Waals surface area (Å²) in [5.41, 5.74) is 0.448. The minimum absolute atomic E-state index is 0.144. The van der Waals surface area contributed by atoms with Gasteiger partial charge in [0.1, 0.15) is 0 Å². The summed E-state index contributed by atoms with van der Waals surface area (Å²) in [6.07, 6.45) is 0.685. The second-order valence-electron chi connectivity index (χ2n) is 3.27. The number of amides is 1. The number of hydrogen-bond donors (Lipinski definition) is 2. The van der Waals surface area contributed by atoms with Crippen LogP contribution in [0.15, 0.2) is 18.2 Å². The van der Waals surface area contributed by atoms with Crippen molar-refractivity contribution in [3.8, 4) is 0 Å². The Balaban J connectivity index is 2.45. The highest BCUT2D eigenvalue weighted by Gasteiger charge is 2.09. The van der Waals surface area contributed by atoms with E-state index in [9.17, 15) is 4.79 Å². The van der Waals surface area contributed by atoms with Crippen LogP contribution in [0.2, 0.25) is 10.0 Å². The van der Waals surface area contributed by atoms with Crippen LogP contribution in [-0.4, -0.2) is 29.1 Å². The highest BCUT2D eigenvalue weighted by molar-refractivity contribution is 7.99. The lowest BCUT2D eigenvalue weighted by atomic mass is 10.3. The van der Waals surface area contributed by atoms with E-state index in [0.29, 0.717) is 27.9 Å². The number of benzene rings is 1. The molecule has 1 aromatic rings. The first kappa shape index (κ1) is 14.6. The number of hydrogen-bond acceptors (Lipinski definition) is 3. The lowest BCUT2D eigenvalue weighted by Crippen LogP contribution is -2.15. The van der Waals surface area contributed by atoms with Gasteiger partial charge in [-0.1, -0.05) is 29.3 Å². The molecule has 1 rings (SSSR count). The van der Waals surface area contributed by atoms with E-state index in [2.05, 4.69) is 5.32 Å². The summed E-state index contributed by atoms with van der Waals surface area (Å²) in [5, 5.41) is 12.1. The van der Waals surface area contributed by atoms with Gasteiger partial charge in [-0.15, -0.1) is 0 Å². The maximum absolute atomic E-state index is 11.6. The third-order valence-electron chi connectivity index (χ3n) is 1.91. The highest BCUT2D eigenvalue weighted by Crippen LogP contribution is 2.29. The average molecular weight is 294 g/mol. The first-order chi connectivity index (χ1) is 8.15. The summed E-state index contributed by atoms with van der Waals surface area (Å²) in [5.74, 6) is 0.921. The van der Waals surface area contributed by atoms with Gasteiger partial charge in [0.25, 0.3) is 0 Å². The molecule has 0 saturated heterocycles. The van der Waals surface area contributed by atoms with E-state index in [-0.39, 0.29) is 12.5 Å². The zero-order chi connectivity index (χ0) is 12.7. The zero-order valence-electron chi connectivity index (χ0n) is 9.08. The van der Waals surface area contributed by atoms with Crippen LogP contribution in [0.5, 0.6) is 0 Å². The van der Waals surface area contributed by atoms with Crippen molar-refractivity contribution in [3.05, 3.63) is 28.2 Å². The maximum Gasteiger partial charge on any atom is 0.234 e. The molecule has 0 spiro atoms. The Morgan fingerprint density at radius 2 is 2.00 bits per heavy atom. The molecule has 0 aliphatic carbocycles. The van der Waals surface area contributed by atoms with Crippen molar-refractivity contribution in [2.75, 3.05) is 23.4 Å². The van der Waals surface area contributed by atoms with Gasteiger partial charge in [0.15, 0.2) is 0 Å². The topological polar surface area (TPSA) is 49.3 Å². The van der Waals surface area contributed by atoms with E-state index in [1.165, 1.54) is 11.8 Å². The van der Waals surface area contributed by atoms with Gasteiger partial charge in [-0.3, -0.25) is 4.79 Å². The normalized spacial score (nSPS) is 10.3. The minimum atomic E-state index is -0.150. The molecule has 0 heterocycles. The largest absolute Gasteiger partial charge is 0.396 e. The third-order valence-corrected chi connectivity index (χ3v) is 3.58. The number of aliphatic hydroxyl groups is 1. The molecule has 0 atom stereocenters. The number of anilines is 1. The predicted octanol–water partition coefficient (Wildman–Crippen LogP) is 3.05. The third kappa shape index (κ3) is 5.17. The molecule has 0 aliphatic heterocycles. The summed E-state index contributed by atoms with van der Waals surface area (Å²) >= 11 is 13.3. The number of halogens is 2. The van der Waals surface area contributed by atoms with Crippen molar-refractivity contribution in [2.24, 2.45) is 0 Å². The van der Waals surface area contributed by atoms with Crippen molar-refractivity contribution >= 4 is 46.6 Å². The van der Waals surface area contributed by atoms with Gasteiger partial charge in [0, 0.05) is 6.61 Å². The molecule has 94 valence electrons. The highest BCUT2D eigenvalue weighted by atomic mass is 35.5. The number of thioether (sulfide) groups is 1. The van der Waals surface area contributed by atoms with Crippen molar-refractivity contribution < 1.29 is 9.90 Å². The van der Waals surface area contributed by atoms with Gasteiger partial charge < -0.3 is 10.4 Å². The molecule has 0 aromatic heterocycles. The van der Waals surface area contributed by atoms with Crippen molar-refractivity contribution in [1.29, 1.82) is 0 Å². The molecular formula is C11H13Cl2NO2S. The standard InChI is InChI=1S/C11H13Cl2NO2S/c12-8-3-1-4-9(13)11(8)14-10(16)7-17-6-2-5-15/h1,3-4,15H,2,5-7H2,(H,14,16). The fraction of sp³-hybridized carbons (Fsp3) is 0.364. The van der Waals surface area contributed by atoms with Crippen LogP contribution in [0.3, 0.4) is 0 Å². The molecule has 0 unspecified atom stereocenters. The zero-order valence-corrected chi connectivity index (χ0v) is 11.4. The first-order valence-electron chi connectivity index (χ1n) is 5.07. The molecule has 17 heavy (non-hydrogen) atoms. The quantitative estimate of drug-likeness (QED) is 0.793.